The molecule has 0 radical (unpaired) electrons. The first-order valence-corrected chi connectivity index (χ1v) is 10.9. The van der Waals surface area contributed by atoms with E-state index in [0.29, 0.717) is 41.7 Å². The summed E-state index contributed by atoms with van der Waals surface area (Å²) >= 11 is 3.40. The first-order chi connectivity index (χ1) is 14.5. The summed E-state index contributed by atoms with van der Waals surface area (Å²) < 4.78 is 11.5. The Morgan fingerprint density at radius 3 is 2.63 bits per heavy atom. The molecule has 1 N–H and O–H groups in total. The molecule has 0 saturated carbocycles. The quantitative estimate of drug-likeness (QED) is 0.595. The van der Waals surface area contributed by atoms with Gasteiger partial charge in [0.25, 0.3) is 11.8 Å². The number of ether oxygens (including phenoxy) is 2. The number of hydrogen-bond donors (Lipinski definition) is 1. The lowest BCUT2D eigenvalue weighted by Crippen LogP contribution is -2.37. The molecule has 1 aliphatic rings. The van der Waals surface area contributed by atoms with Crippen LogP contribution in [0.3, 0.4) is 0 Å². The maximum absolute atomic E-state index is 12.9. The van der Waals surface area contributed by atoms with E-state index in [-0.39, 0.29) is 11.8 Å². The predicted octanol–water partition coefficient (Wildman–Crippen LogP) is 4.60. The summed E-state index contributed by atoms with van der Waals surface area (Å²) in [5, 5.41) is 2.88. The highest BCUT2D eigenvalue weighted by atomic mass is 79.9. The Balaban J connectivity index is 1.72. The Bertz CT molecular complexity index is 895. The van der Waals surface area contributed by atoms with E-state index in [0.717, 1.165) is 30.4 Å². The number of carbonyl (C=O) groups is 2. The third kappa shape index (κ3) is 5.83. The molecule has 2 amide bonds. The van der Waals surface area contributed by atoms with Gasteiger partial charge in [0, 0.05) is 35.9 Å². The zero-order valence-electron chi connectivity index (χ0n) is 17.3. The molecule has 160 valence electrons. The number of carbonyl (C=O) groups excluding carboxylic acids is 2. The van der Waals surface area contributed by atoms with Crippen molar-refractivity contribution in [1.29, 1.82) is 0 Å². The van der Waals surface area contributed by atoms with Crippen LogP contribution in [0, 0.1) is 5.92 Å². The van der Waals surface area contributed by atoms with Gasteiger partial charge in [-0.2, -0.15) is 0 Å². The van der Waals surface area contributed by atoms with Crippen LogP contribution >= 0.6 is 15.9 Å². The van der Waals surface area contributed by atoms with Crippen molar-refractivity contribution >= 4 is 33.4 Å². The molecule has 6 nitrogen and oxygen atoms in total. The molecule has 2 aromatic carbocycles. The molecule has 0 aliphatic carbocycles. The van der Waals surface area contributed by atoms with E-state index in [1.54, 1.807) is 43.5 Å². The average Bonchev–Trinajstić information content (AvgIpc) is 2.75. The largest absolute Gasteiger partial charge is 0.490 e. The van der Waals surface area contributed by atoms with Crippen LogP contribution in [0.2, 0.25) is 0 Å². The van der Waals surface area contributed by atoms with Crippen LogP contribution < -0.4 is 10.1 Å². The van der Waals surface area contributed by atoms with Crippen LogP contribution in [0.1, 0.15) is 40.5 Å². The number of hydrogen-bond acceptors (Lipinski definition) is 4. The predicted molar refractivity (Wildman–Crippen MR) is 120 cm³/mol. The third-order valence-electron chi connectivity index (χ3n) is 5.17. The van der Waals surface area contributed by atoms with Gasteiger partial charge in [-0.05, 0) is 55.2 Å². The number of rotatable bonds is 7. The van der Waals surface area contributed by atoms with E-state index in [1.807, 2.05) is 11.0 Å². The van der Waals surface area contributed by atoms with Gasteiger partial charge in [-0.3, -0.25) is 9.59 Å². The van der Waals surface area contributed by atoms with Crippen molar-refractivity contribution in [3.05, 3.63) is 58.1 Å². The van der Waals surface area contributed by atoms with Crippen molar-refractivity contribution in [2.45, 2.75) is 19.8 Å². The fourth-order valence-corrected chi connectivity index (χ4v) is 3.72. The van der Waals surface area contributed by atoms with Crippen molar-refractivity contribution in [2.75, 3.05) is 38.7 Å². The van der Waals surface area contributed by atoms with E-state index < -0.39 is 0 Å². The van der Waals surface area contributed by atoms with Gasteiger partial charge in [-0.25, -0.2) is 0 Å². The molecule has 7 heteroatoms. The van der Waals surface area contributed by atoms with Crippen LogP contribution in [0.4, 0.5) is 5.69 Å². The summed E-state index contributed by atoms with van der Waals surface area (Å²) in [6.45, 7) is 4.54. The molecule has 0 aromatic heterocycles. The average molecular weight is 475 g/mol. The second kappa shape index (κ2) is 10.6. The van der Waals surface area contributed by atoms with Gasteiger partial charge in [-0.15, -0.1) is 0 Å². The standard InChI is InChI=1S/C23H27BrN2O4/c1-16-8-10-26(11-9-16)23(28)17-4-3-5-19(14-17)25-22(27)20-15-18(24)6-7-21(20)30-13-12-29-2/h3-7,14-16H,8-13H2,1-2H3,(H,25,27). The van der Waals surface area contributed by atoms with Gasteiger partial charge in [0.2, 0.25) is 0 Å². The summed E-state index contributed by atoms with van der Waals surface area (Å²) in [5.74, 6) is 0.830. The van der Waals surface area contributed by atoms with Crippen molar-refractivity contribution in [3.63, 3.8) is 0 Å². The summed E-state index contributed by atoms with van der Waals surface area (Å²) in [6, 6.07) is 12.3. The zero-order chi connectivity index (χ0) is 21.5. The van der Waals surface area contributed by atoms with Crippen LogP contribution in [0.25, 0.3) is 0 Å². The fraction of sp³-hybridized carbons (Fsp3) is 0.391. The lowest BCUT2D eigenvalue weighted by molar-refractivity contribution is 0.0697. The van der Waals surface area contributed by atoms with E-state index >= 15 is 0 Å². The Labute approximate surface area is 185 Å². The van der Waals surface area contributed by atoms with Crippen molar-refractivity contribution in [2.24, 2.45) is 5.92 Å². The van der Waals surface area contributed by atoms with Gasteiger partial charge in [0.1, 0.15) is 12.4 Å². The number of likely N-dealkylation sites (tertiary alicyclic amines) is 1. The number of benzene rings is 2. The number of nitrogens with zero attached hydrogens (tertiary/aromatic N) is 1. The summed E-state index contributed by atoms with van der Waals surface area (Å²) in [6.07, 6.45) is 2.05. The molecule has 1 fully saturated rings. The van der Waals surface area contributed by atoms with E-state index in [2.05, 4.69) is 28.2 Å². The van der Waals surface area contributed by atoms with Gasteiger partial charge in [0.15, 0.2) is 0 Å². The van der Waals surface area contributed by atoms with Crippen molar-refractivity contribution in [1.82, 2.24) is 4.90 Å². The summed E-state index contributed by atoms with van der Waals surface area (Å²) in [7, 11) is 1.59. The lowest BCUT2D eigenvalue weighted by Gasteiger charge is -2.30. The second-order valence-electron chi connectivity index (χ2n) is 7.49. The Morgan fingerprint density at radius 1 is 1.13 bits per heavy atom. The summed E-state index contributed by atoms with van der Waals surface area (Å²) in [5.41, 5.74) is 1.55. The highest BCUT2D eigenvalue weighted by Crippen LogP contribution is 2.25. The lowest BCUT2D eigenvalue weighted by atomic mass is 9.98. The number of piperidine rings is 1. The van der Waals surface area contributed by atoms with Crippen molar-refractivity contribution < 1.29 is 19.1 Å². The number of halogens is 1. The van der Waals surface area contributed by atoms with Crippen LogP contribution in [0.5, 0.6) is 5.75 Å². The monoisotopic (exact) mass is 474 g/mol. The SMILES string of the molecule is COCCOc1ccc(Br)cc1C(=O)Nc1cccc(C(=O)N2CCC(C)CC2)c1. The van der Waals surface area contributed by atoms with Gasteiger partial charge in [0.05, 0.1) is 12.2 Å². The Hall–Kier alpha value is -2.38. The normalized spacial score (nSPS) is 14.4. The molecule has 30 heavy (non-hydrogen) atoms. The summed E-state index contributed by atoms with van der Waals surface area (Å²) in [4.78, 5) is 27.6. The topological polar surface area (TPSA) is 67.9 Å². The molecule has 0 unspecified atom stereocenters. The number of anilines is 1. The minimum atomic E-state index is -0.305. The maximum Gasteiger partial charge on any atom is 0.259 e. The molecule has 3 rings (SSSR count). The second-order valence-corrected chi connectivity index (χ2v) is 8.41. The van der Waals surface area contributed by atoms with Gasteiger partial charge in [-0.1, -0.05) is 28.9 Å². The third-order valence-corrected chi connectivity index (χ3v) is 5.66. The Morgan fingerprint density at radius 2 is 1.90 bits per heavy atom. The molecular weight excluding hydrogens is 448 g/mol. The minimum absolute atomic E-state index is 0.00374. The first kappa shape index (κ1) is 22.3. The number of nitrogens with one attached hydrogen (secondary N) is 1. The maximum atomic E-state index is 12.9. The highest BCUT2D eigenvalue weighted by Gasteiger charge is 2.22. The molecule has 0 atom stereocenters. The fourth-order valence-electron chi connectivity index (χ4n) is 3.36. The van der Waals surface area contributed by atoms with Crippen LogP contribution in [-0.4, -0.2) is 50.1 Å². The smallest absolute Gasteiger partial charge is 0.259 e. The highest BCUT2D eigenvalue weighted by molar-refractivity contribution is 9.10. The van der Waals surface area contributed by atoms with Crippen molar-refractivity contribution in [3.8, 4) is 5.75 Å². The van der Waals surface area contributed by atoms with Crippen LogP contribution in [0.15, 0.2) is 46.9 Å². The first-order valence-electron chi connectivity index (χ1n) is 10.1. The molecular formula is C23H27BrN2O4. The van der Waals surface area contributed by atoms with Gasteiger partial charge >= 0.3 is 0 Å². The number of amides is 2. The number of methoxy groups -OCH3 is 1. The minimum Gasteiger partial charge on any atom is -0.490 e. The van der Waals surface area contributed by atoms with E-state index in [9.17, 15) is 9.59 Å². The Kier molecular flexibility index (Phi) is 7.87. The molecule has 1 aliphatic heterocycles. The molecule has 1 saturated heterocycles. The molecule has 1 heterocycles. The molecule has 0 bridgehead atoms. The molecule has 0 spiro atoms. The molecule has 2 aromatic rings. The zero-order valence-corrected chi connectivity index (χ0v) is 18.9. The van der Waals surface area contributed by atoms with Crippen LogP contribution in [-0.2, 0) is 4.74 Å². The van der Waals surface area contributed by atoms with E-state index in [4.69, 9.17) is 9.47 Å². The van der Waals surface area contributed by atoms with Gasteiger partial charge < -0.3 is 19.7 Å². The van der Waals surface area contributed by atoms with E-state index in [1.165, 1.54) is 0 Å².